The summed E-state index contributed by atoms with van der Waals surface area (Å²) in [6.45, 7) is 1.16. The normalized spacial score (nSPS) is 14.9. The quantitative estimate of drug-likeness (QED) is 0.725. The van der Waals surface area contributed by atoms with Gasteiger partial charge in [0.1, 0.15) is 6.26 Å². The number of benzene rings is 1. The average Bonchev–Trinajstić information content (AvgIpc) is 3.42. The molecule has 27 heavy (non-hydrogen) atoms. The highest BCUT2D eigenvalue weighted by molar-refractivity contribution is 7.13. The summed E-state index contributed by atoms with van der Waals surface area (Å²) >= 11 is 1.65. The Morgan fingerprint density at radius 1 is 1.07 bits per heavy atom. The van der Waals surface area contributed by atoms with Gasteiger partial charge in [0.15, 0.2) is 0 Å². The molecule has 1 aliphatic heterocycles. The third-order valence-corrected chi connectivity index (χ3v) is 5.80. The number of nitrogens with one attached hydrogen (secondary N) is 1. The van der Waals surface area contributed by atoms with Gasteiger partial charge in [0.25, 0.3) is 5.91 Å². The lowest BCUT2D eigenvalue weighted by atomic mass is 9.95. The first kappa shape index (κ1) is 17.5. The molecule has 0 atom stereocenters. The number of piperidine rings is 1. The molecule has 0 radical (unpaired) electrons. The lowest BCUT2D eigenvalue weighted by Gasteiger charge is -2.31. The van der Waals surface area contributed by atoms with Crippen molar-refractivity contribution in [1.29, 1.82) is 0 Å². The molecule has 4 rings (SSSR count). The Balaban J connectivity index is 1.39. The molecular formula is C21H20N2O3S. The van der Waals surface area contributed by atoms with Crippen LogP contribution in [0.1, 0.15) is 23.2 Å². The molecule has 1 aliphatic rings. The smallest absolute Gasteiger partial charge is 0.257 e. The van der Waals surface area contributed by atoms with Crippen LogP contribution in [0.2, 0.25) is 0 Å². The van der Waals surface area contributed by atoms with Crippen LogP contribution in [0.3, 0.4) is 0 Å². The van der Waals surface area contributed by atoms with Gasteiger partial charge >= 0.3 is 0 Å². The zero-order chi connectivity index (χ0) is 18.6. The third kappa shape index (κ3) is 3.80. The van der Waals surface area contributed by atoms with Crippen LogP contribution in [0, 0.1) is 5.92 Å². The van der Waals surface area contributed by atoms with Gasteiger partial charge in [-0.25, -0.2) is 0 Å². The first-order valence-corrected chi connectivity index (χ1v) is 9.85. The van der Waals surface area contributed by atoms with Gasteiger partial charge in [0, 0.05) is 35.1 Å². The van der Waals surface area contributed by atoms with Gasteiger partial charge in [0.2, 0.25) is 5.91 Å². The number of thiophene rings is 1. The first-order valence-electron chi connectivity index (χ1n) is 8.97. The molecule has 1 saturated heterocycles. The number of para-hydroxylation sites is 1. The van der Waals surface area contributed by atoms with Crippen LogP contribution < -0.4 is 5.32 Å². The van der Waals surface area contributed by atoms with E-state index in [2.05, 4.69) is 11.4 Å². The zero-order valence-electron chi connectivity index (χ0n) is 14.8. The Kier molecular flexibility index (Phi) is 5.07. The molecule has 0 unspecified atom stereocenters. The molecule has 138 valence electrons. The third-order valence-electron chi connectivity index (χ3n) is 4.89. The monoisotopic (exact) mass is 380 g/mol. The van der Waals surface area contributed by atoms with Gasteiger partial charge in [-0.2, -0.15) is 0 Å². The standard InChI is InChI=1S/C21H20N2O3S/c24-20(22-18-5-2-1-4-17(18)19-6-3-13-27-19)15-7-10-23(11-8-15)21(25)16-9-12-26-14-16/h1-6,9,12-15H,7-8,10-11H2,(H,22,24). The average molecular weight is 380 g/mol. The zero-order valence-corrected chi connectivity index (χ0v) is 15.6. The number of hydrogen-bond acceptors (Lipinski definition) is 4. The van der Waals surface area contributed by atoms with Crippen LogP contribution in [-0.4, -0.2) is 29.8 Å². The number of likely N-dealkylation sites (tertiary alicyclic amines) is 1. The number of nitrogens with zero attached hydrogens (tertiary/aromatic N) is 1. The highest BCUT2D eigenvalue weighted by Gasteiger charge is 2.28. The highest BCUT2D eigenvalue weighted by atomic mass is 32.1. The Morgan fingerprint density at radius 2 is 1.89 bits per heavy atom. The van der Waals surface area contributed by atoms with Crippen LogP contribution in [0.15, 0.2) is 64.8 Å². The second kappa shape index (κ2) is 7.80. The predicted molar refractivity (Wildman–Crippen MR) is 106 cm³/mol. The topological polar surface area (TPSA) is 62.6 Å². The van der Waals surface area contributed by atoms with E-state index in [0.29, 0.717) is 31.5 Å². The lowest BCUT2D eigenvalue weighted by molar-refractivity contribution is -0.121. The van der Waals surface area contributed by atoms with E-state index in [1.165, 1.54) is 12.5 Å². The van der Waals surface area contributed by atoms with E-state index >= 15 is 0 Å². The van der Waals surface area contributed by atoms with Gasteiger partial charge in [0.05, 0.1) is 11.8 Å². The van der Waals surface area contributed by atoms with Crippen molar-refractivity contribution < 1.29 is 14.0 Å². The van der Waals surface area contributed by atoms with Crippen molar-refractivity contribution in [3.05, 3.63) is 65.9 Å². The second-order valence-electron chi connectivity index (χ2n) is 6.59. The molecule has 6 heteroatoms. The van der Waals surface area contributed by atoms with Crippen LogP contribution in [0.25, 0.3) is 10.4 Å². The number of amides is 2. The van der Waals surface area contributed by atoms with E-state index in [1.54, 1.807) is 22.3 Å². The van der Waals surface area contributed by atoms with E-state index in [9.17, 15) is 9.59 Å². The fourth-order valence-electron chi connectivity index (χ4n) is 3.39. The van der Waals surface area contributed by atoms with Crippen molar-refractivity contribution in [2.24, 2.45) is 5.92 Å². The summed E-state index contributed by atoms with van der Waals surface area (Å²) in [6.07, 6.45) is 4.29. The van der Waals surface area contributed by atoms with Crippen molar-refractivity contribution in [1.82, 2.24) is 4.90 Å². The number of anilines is 1. The number of rotatable bonds is 4. The first-order chi connectivity index (χ1) is 13.2. The molecule has 0 aliphatic carbocycles. The molecule has 0 saturated carbocycles. The molecule has 0 bridgehead atoms. The molecule has 3 aromatic rings. The number of hydrogen-bond donors (Lipinski definition) is 1. The molecule has 1 aromatic carbocycles. The molecule has 2 aromatic heterocycles. The van der Waals surface area contributed by atoms with Crippen molar-refractivity contribution in [2.75, 3.05) is 18.4 Å². The maximum absolute atomic E-state index is 12.8. The van der Waals surface area contributed by atoms with Crippen LogP contribution in [0.4, 0.5) is 5.69 Å². The number of carbonyl (C=O) groups excluding carboxylic acids is 2. The van der Waals surface area contributed by atoms with Crippen molar-refractivity contribution in [3.63, 3.8) is 0 Å². The van der Waals surface area contributed by atoms with E-state index in [4.69, 9.17) is 4.42 Å². The summed E-state index contributed by atoms with van der Waals surface area (Å²) in [4.78, 5) is 28.1. The van der Waals surface area contributed by atoms with Gasteiger partial charge in [-0.1, -0.05) is 24.3 Å². The maximum Gasteiger partial charge on any atom is 0.257 e. The minimum absolute atomic E-state index is 0.0226. The van der Waals surface area contributed by atoms with Gasteiger partial charge < -0.3 is 14.6 Å². The van der Waals surface area contributed by atoms with Gasteiger partial charge in [-0.3, -0.25) is 9.59 Å². The molecule has 1 fully saturated rings. The summed E-state index contributed by atoms with van der Waals surface area (Å²) in [7, 11) is 0. The summed E-state index contributed by atoms with van der Waals surface area (Å²) in [5.41, 5.74) is 2.43. The Morgan fingerprint density at radius 3 is 2.59 bits per heavy atom. The van der Waals surface area contributed by atoms with E-state index in [1.807, 2.05) is 35.7 Å². The Bertz CT molecular complexity index is 911. The molecule has 1 N–H and O–H groups in total. The Hall–Kier alpha value is -2.86. The van der Waals surface area contributed by atoms with Crippen LogP contribution >= 0.6 is 11.3 Å². The van der Waals surface area contributed by atoms with Crippen LogP contribution in [-0.2, 0) is 4.79 Å². The van der Waals surface area contributed by atoms with E-state index in [0.717, 1.165) is 16.1 Å². The predicted octanol–water partition coefficient (Wildman–Crippen LogP) is 4.50. The van der Waals surface area contributed by atoms with Crippen molar-refractivity contribution in [2.45, 2.75) is 12.8 Å². The summed E-state index contributed by atoms with van der Waals surface area (Å²) in [5.74, 6) is -0.102. The van der Waals surface area contributed by atoms with Gasteiger partial charge in [-0.05, 0) is 36.4 Å². The van der Waals surface area contributed by atoms with Crippen molar-refractivity contribution in [3.8, 4) is 10.4 Å². The minimum Gasteiger partial charge on any atom is -0.472 e. The summed E-state index contributed by atoms with van der Waals surface area (Å²) in [5, 5.41) is 5.12. The lowest BCUT2D eigenvalue weighted by Crippen LogP contribution is -2.41. The summed E-state index contributed by atoms with van der Waals surface area (Å²) in [6, 6.07) is 13.6. The molecule has 5 nitrogen and oxygen atoms in total. The molecule has 2 amide bonds. The second-order valence-corrected chi connectivity index (χ2v) is 7.54. The fraction of sp³-hybridized carbons (Fsp3) is 0.238. The minimum atomic E-state index is -0.0882. The number of furan rings is 1. The largest absolute Gasteiger partial charge is 0.472 e. The van der Waals surface area contributed by atoms with E-state index in [-0.39, 0.29) is 17.7 Å². The molecular weight excluding hydrogens is 360 g/mol. The van der Waals surface area contributed by atoms with Crippen LogP contribution in [0.5, 0.6) is 0 Å². The highest BCUT2D eigenvalue weighted by Crippen LogP contribution is 2.32. The van der Waals surface area contributed by atoms with Gasteiger partial charge in [-0.15, -0.1) is 11.3 Å². The molecule has 3 heterocycles. The number of carbonyl (C=O) groups is 2. The molecule has 0 spiro atoms. The Labute approximate surface area is 161 Å². The SMILES string of the molecule is O=C(Nc1ccccc1-c1cccs1)C1CCN(C(=O)c2ccoc2)CC1. The van der Waals surface area contributed by atoms with E-state index < -0.39 is 0 Å². The summed E-state index contributed by atoms with van der Waals surface area (Å²) < 4.78 is 4.98. The van der Waals surface area contributed by atoms with Crippen molar-refractivity contribution >= 4 is 28.8 Å². The fourth-order valence-corrected chi connectivity index (χ4v) is 4.15. The maximum atomic E-state index is 12.8.